The molecule has 6 heteroatoms. The number of nitrogens with one attached hydrogen (secondary N) is 1. The van der Waals surface area contributed by atoms with Crippen molar-refractivity contribution in [2.24, 2.45) is 7.05 Å². The number of nitrogens with zero attached hydrogens (tertiary/aromatic N) is 2. The van der Waals surface area contributed by atoms with E-state index in [-0.39, 0.29) is 5.75 Å². The number of aryl methyl sites for hydroxylation is 1. The summed E-state index contributed by atoms with van der Waals surface area (Å²) in [5, 5.41) is 7.23. The first-order chi connectivity index (χ1) is 9.03. The monoisotopic (exact) mass is 279 g/mol. The van der Waals surface area contributed by atoms with Gasteiger partial charge in [0.25, 0.3) is 0 Å². The van der Waals surface area contributed by atoms with Crippen LogP contribution in [0.1, 0.15) is 12.5 Å². The fourth-order valence-electron chi connectivity index (χ4n) is 1.80. The van der Waals surface area contributed by atoms with Crippen molar-refractivity contribution >= 4 is 15.5 Å². The van der Waals surface area contributed by atoms with E-state index in [1.54, 1.807) is 36.0 Å². The molecule has 0 aliphatic heterocycles. The molecule has 0 aliphatic rings. The van der Waals surface area contributed by atoms with Gasteiger partial charge < -0.3 is 5.32 Å². The Bertz CT molecular complexity index is 662. The Balaban J connectivity index is 2.21. The maximum Gasteiger partial charge on any atom is 0.180 e. The SMILES string of the molecule is CCS(=O)(=O)c1ccccc1NCc1cnn(C)c1. The summed E-state index contributed by atoms with van der Waals surface area (Å²) in [6.45, 7) is 2.19. The fourth-order valence-corrected chi connectivity index (χ4v) is 2.87. The Morgan fingerprint density at radius 2 is 2.05 bits per heavy atom. The maximum absolute atomic E-state index is 12.0. The van der Waals surface area contributed by atoms with Crippen LogP contribution in [-0.4, -0.2) is 24.0 Å². The predicted octanol–water partition coefficient (Wildman–Crippen LogP) is 1.83. The zero-order valence-corrected chi connectivity index (χ0v) is 11.8. The molecular weight excluding hydrogens is 262 g/mol. The number of anilines is 1. The highest BCUT2D eigenvalue weighted by molar-refractivity contribution is 7.91. The number of benzene rings is 1. The van der Waals surface area contributed by atoms with Crippen molar-refractivity contribution in [3.05, 3.63) is 42.2 Å². The van der Waals surface area contributed by atoms with Crippen LogP contribution in [0, 0.1) is 0 Å². The summed E-state index contributed by atoms with van der Waals surface area (Å²) in [7, 11) is -1.37. The molecule has 0 radical (unpaired) electrons. The van der Waals surface area contributed by atoms with Crippen LogP contribution in [0.4, 0.5) is 5.69 Å². The summed E-state index contributed by atoms with van der Waals surface area (Å²) in [6, 6.07) is 6.96. The van der Waals surface area contributed by atoms with Gasteiger partial charge in [-0.1, -0.05) is 19.1 Å². The van der Waals surface area contributed by atoms with Gasteiger partial charge in [-0.15, -0.1) is 0 Å². The van der Waals surface area contributed by atoms with E-state index < -0.39 is 9.84 Å². The highest BCUT2D eigenvalue weighted by Gasteiger charge is 2.15. The third-order valence-corrected chi connectivity index (χ3v) is 4.63. The molecule has 0 atom stereocenters. The maximum atomic E-state index is 12.0. The van der Waals surface area contributed by atoms with Gasteiger partial charge in [-0.25, -0.2) is 8.42 Å². The van der Waals surface area contributed by atoms with E-state index in [4.69, 9.17) is 0 Å². The van der Waals surface area contributed by atoms with Crippen molar-refractivity contribution in [1.29, 1.82) is 0 Å². The highest BCUT2D eigenvalue weighted by atomic mass is 32.2. The minimum atomic E-state index is -3.21. The molecule has 0 unspecified atom stereocenters. The Kier molecular flexibility index (Phi) is 3.90. The van der Waals surface area contributed by atoms with Crippen LogP contribution < -0.4 is 5.32 Å². The fraction of sp³-hybridized carbons (Fsp3) is 0.308. The lowest BCUT2D eigenvalue weighted by atomic mass is 10.3. The molecular formula is C13H17N3O2S. The van der Waals surface area contributed by atoms with Crippen LogP contribution in [0.25, 0.3) is 0 Å². The molecule has 0 fully saturated rings. The molecule has 102 valence electrons. The molecule has 1 aromatic carbocycles. The van der Waals surface area contributed by atoms with Gasteiger partial charge >= 0.3 is 0 Å². The smallest absolute Gasteiger partial charge is 0.180 e. The standard InChI is InChI=1S/C13H17N3O2S/c1-3-19(17,18)13-7-5-4-6-12(13)14-8-11-9-15-16(2)10-11/h4-7,9-10,14H,3,8H2,1-2H3. The van der Waals surface area contributed by atoms with E-state index in [0.717, 1.165) is 5.56 Å². The molecule has 5 nitrogen and oxygen atoms in total. The van der Waals surface area contributed by atoms with Crippen LogP contribution in [-0.2, 0) is 23.4 Å². The topological polar surface area (TPSA) is 64.0 Å². The predicted molar refractivity (Wildman–Crippen MR) is 74.7 cm³/mol. The summed E-state index contributed by atoms with van der Waals surface area (Å²) in [4.78, 5) is 0.349. The second kappa shape index (κ2) is 5.44. The van der Waals surface area contributed by atoms with Gasteiger partial charge in [-0.2, -0.15) is 5.10 Å². The van der Waals surface area contributed by atoms with Gasteiger partial charge in [-0.05, 0) is 12.1 Å². The summed E-state index contributed by atoms with van der Waals surface area (Å²) >= 11 is 0. The summed E-state index contributed by atoms with van der Waals surface area (Å²) < 4.78 is 25.7. The quantitative estimate of drug-likeness (QED) is 0.907. The molecule has 0 saturated heterocycles. The first-order valence-corrected chi connectivity index (χ1v) is 7.71. The van der Waals surface area contributed by atoms with Crippen LogP contribution in [0.3, 0.4) is 0 Å². The second-order valence-electron chi connectivity index (χ2n) is 4.28. The molecule has 2 aromatic rings. The van der Waals surface area contributed by atoms with E-state index >= 15 is 0 Å². The number of hydrogen-bond donors (Lipinski definition) is 1. The van der Waals surface area contributed by atoms with E-state index in [1.165, 1.54) is 0 Å². The number of para-hydroxylation sites is 1. The van der Waals surface area contributed by atoms with Gasteiger partial charge in [0.1, 0.15) is 0 Å². The van der Waals surface area contributed by atoms with Crippen molar-refractivity contribution < 1.29 is 8.42 Å². The van der Waals surface area contributed by atoms with Crippen LogP contribution in [0.15, 0.2) is 41.6 Å². The molecule has 0 saturated carbocycles. The summed E-state index contributed by atoms with van der Waals surface area (Å²) in [6.07, 6.45) is 3.65. The normalized spacial score (nSPS) is 11.5. The van der Waals surface area contributed by atoms with Gasteiger partial charge in [-0.3, -0.25) is 4.68 Å². The third kappa shape index (κ3) is 3.14. The number of hydrogen-bond acceptors (Lipinski definition) is 4. The average molecular weight is 279 g/mol. The lowest BCUT2D eigenvalue weighted by Crippen LogP contribution is -2.08. The first kappa shape index (κ1) is 13.6. The zero-order chi connectivity index (χ0) is 13.9. The Labute approximate surface area is 113 Å². The molecule has 0 amide bonds. The molecule has 0 bridgehead atoms. The highest BCUT2D eigenvalue weighted by Crippen LogP contribution is 2.22. The zero-order valence-electron chi connectivity index (χ0n) is 11.0. The minimum Gasteiger partial charge on any atom is -0.380 e. The minimum absolute atomic E-state index is 0.0958. The lowest BCUT2D eigenvalue weighted by molar-refractivity contribution is 0.597. The largest absolute Gasteiger partial charge is 0.380 e. The van der Waals surface area contributed by atoms with E-state index in [1.807, 2.05) is 19.3 Å². The average Bonchev–Trinajstić information content (AvgIpc) is 2.82. The molecule has 0 spiro atoms. The molecule has 0 aliphatic carbocycles. The Hall–Kier alpha value is -1.82. The van der Waals surface area contributed by atoms with E-state index in [9.17, 15) is 8.42 Å². The Morgan fingerprint density at radius 1 is 1.32 bits per heavy atom. The summed E-state index contributed by atoms with van der Waals surface area (Å²) in [5.41, 5.74) is 1.64. The van der Waals surface area contributed by atoms with Crippen molar-refractivity contribution in [3.8, 4) is 0 Å². The van der Waals surface area contributed by atoms with Gasteiger partial charge in [0, 0.05) is 25.4 Å². The van der Waals surface area contributed by atoms with E-state index in [2.05, 4.69) is 10.4 Å². The third-order valence-electron chi connectivity index (χ3n) is 2.84. The number of sulfone groups is 1. The van der Waals surface area contributed by atoms with Crippen molar-refractivity contribution in [1.82, 2.24) is 9.78 Å². The van der Waals surface area contributed by atoms with Gasteiger partial charge in [0.15, 0.2) is 9.84 Å². The van der Waals surface area contributed by atoms with Crippen molar-refractivity contribution in [2.75, 3.05) is 11.1 Å². The Morgan fingerprint density at radius 3 is 2.68 bits per heavy atom. The van der Waals surface area contributed by atoms with Crippen molar-refractivity contribution in [2.45, 2.75) is 18.4 Å². The van der Waals surface area contributed by atoms with Crippen LogP contribution in [0.2, 0.25) is 0 Å². The molecule has 2 rings (SSSR count). The first-order valence-electron chi connectivity index (χ1n) is 6.06. The van der Waals surface area contributed by atoms with Crippen LogP contribution in [0.5, 0.6) is 0 Å². The van der Waals surface area contributed by atoms with Gasteiger partial charge in [0.05, 0.1) is 22.5 Å². The summed E-state index contributed by atoms with van der Waals surface area (Å²) in [5.74, 6) is 0.0958. The molecule has 1 N–H and O–H groups in total. The molecule has 1 aromatic heterocycles. The second-order valence-corrected chi connectivity index (χ2v) is 6.52. The number of rotatable bonds is 5. The lowest BCUT2D eigenvalue weighted by Gasteiger charge is -2.10. The van der Waals surface area contributed by atoms with Crippen LogP contribution >= 0.6 is 0 Å². The van der Waals surface area contributed by atoms with E-state index in [0.29, 0.717) is 17.1 Å². The van der Waals surface area contributed by atoms with Crippen molar-refractivity contribution in [3.63, 3.8) is 0 Å². The number of aromatic nitrogens is 2. The molecule has 1 heterocycles. The molecule has 19 heavy (non-hydrogen) atoms. The van der Waals surface area contributed by atoms with Gasteiger partial charge in [0.2, 0.25) is 0 Å².